The van der Waals surface area contributed by atoms with Crippen molar-refractivity contribution in [3.63, 3.8) is 0 Å². The molecule has 3 aromatic rings. The third kappa shape index (κ3) is 6.42. The highest BCUT2D eigenvalue weighted by atomic mass is 28.4. The van der Waals surface area contributed by atoms with Gasteiger partial charge in [-0.25, -0.2) is 0 Å². The number of benzene rings is 3. The summed E-state index contributed by atoms with van der Waals surface area (Å²) < 4.78 is 29.9. The van der Waals surface area contributed by atoms with Gasteiger partial charge < -0.3 is 28.5 Å². The number of carbonyl (C=O) groups is 1. The summed E-state index contributed by atoms with van der Waals surface area (Å²) in [4.78, 5) is 11.9. The standard InChI is InChI=1S/C31H38O7Si/c1-22(32)37-29-28(35-20-23-16-18-24(34-5)19-17-23)27(38-30(29)33)21-36-39(31(2,3)4,25-12-8-6-9-13-25)26-14-10-7-11-15-26/h6-19,27-30,33H,20-21H2,1-5H3/t27-,28-,29+,30?/m1/s1. The van der Waals surface area contributed by atoms with Gasteiger partial charge in [-0.15, -0.1) is 0 Å². The minimum atomic E-state index is -2.86. The van der Waals surface area contributed by atoms with E-state index in [1.165, 1.54) is 6.92 Å². The lowest BCUT2D eigenvalue weighted by Crippen LogP contribution is -2.67. The van der Waals surface area contributed by atoms with E-state index >= 15 is 0 Å². The van der Waals surface area contributed by atoms with Crippen LogP contribution in [-0.2, 0) is 30.0 Å². The van der Waals surface area contributed by atoms with Gasteiger partial charge in [0.1, 0.15) is 18.0 Å². The lowest BCUT2D eigenvalue weighted by atomic mass is 10.1. The molecule has 0 spiro atoms. The molecule has 1 unspecified atom stereocenters. The Bertz CT molecular complexity index is 1160. The van der Waals surface area contributed by atoms with Gasteiger partial charge >= 0.3 is 5.97 Å². The number of hydrogen-bond acceptors (Lipinski definition) is 7. The summed E-state index contributed by atoms with van der Waals surface area (Å²) in [6, 6.07) is 28.1. The first kappa shape index (κ1) is 29.0. The number of aliphatic hydroxyl groups excluding tert-OH is 1. The van der Waals surface area contributed by atoms with Gasteiger partial charge in [0.05, 0.1) is 20.3 Å². The van der Waals surface area contributed by atoms with Gasteiger partial charge in [-0.05, 0) is 33.1 Å². The summed E-state index contributed by atoms with van der Waals surface area (Å²) in [5, 5.41) is 12.8. The molecule has 0 aliphatic carbocycles. The lowest BCUT2D eigenvalue weighted by molar-refractivity contribution is -0.172. The number of hydrogen-bond donors (Lipinski definition) is 1. The number of ether oxygens (including phenoxy) is 4. The second kappa shape index (κ2) is 12.4. The minimum absolute atomic E-state index is 0.148. The predicted octanol–water partition coefficient (Wildman–Crippen LogP) is 3.81. The third-order valence-corrected chi connectivity index (χ3v) is 12.1. The van der Waals surface area contributed by atoms with Gasteiger partial charge in [-0.1, -0.05) is 93.6 Å². The molecule has 0 amide bonds. The Morgan fingerprint density at radius 1 is 0.897 bits per heavy atom. The molecular weight excluding hydrogens is 512 g/mol. The molecule has 1 saturated heterocycles. The second-order valence-electron chi connectivity index (χ2n) is 10.7. The molecule has 1 aliphatic rings. The molecule has 1 heterocycles. The van der Waals surface area contributed by atoms with Crippen LogP contribution in [0.1, 0.15) is 33.3 Å². The maximum absolute atomic E-state index is 11.9. The molecule has 1 fully saturated rings. The highest BCUT2D eigenvalue weighted by Gasteiger charge is 2.53. The van der Waals surface area contributed by atoms with Crippen LogP contribution in [0.4, 0.5) is 0 Å². The fraction of sp³-hybridized carbons (Fsp3) is 0.387. The van der Waals surface area contributed by atoms with E-state index in [1.807, 2.05) is 60.7 Å². The summed E-state index contributed by atoms with van der Waals surface area (Å²) >= 11 is 0. The first-order chi connectivity index (χ1) is 18.7. The fourth-order valence-electron chi connectivity index (χ4n) is 5.24. The van der Waals surface area contributed by atoms with E-state index in [-0.39, 0.29) is 18.3 Å². The molecule has 0 radical (unpaired) electrons. The topological polar surface area (TPSA) is 83.5 Å². The Hall–Kier alpha value is -3.01. The second-order valence-corrected chi connectivity index (χ2v) is 15.0. The monoisotopic (exact) mass is 550 g/mol. The number of carbonyl (C=O) groups excluding carboxylic acids is 1. The van der Waals surface area contributed by atoms with E-state index in [0.29, 0.717) is 0 Å². The zero-order valence-corrected chi connectivity index (χ0v) is 24.2. The van der Waals surface area contributed by atoms with Gasteiger partial charge in [0.2, 0.25) is 0 Å². The highest BCUT2D eigenvalue weighted by Crippen LogP contribution is 2.38. The van der Waals surface area contributed by atoms with Gasteiger partial charge in [-0.2, -0.15) is 0 Å². The average molecular weight is 551 g/mol. The van der Waals surface area contributed by atoms with Crippen LogP contribution >= 0.6 is 0 Å². The van der Waals surface area contributed by atoms with Crippen LogP contribution in [0.2, 0.25) is 5.04 Å². The van der Waals surface area contributed by atoms with E-state index in [1.54, 1.807) is 7.11 Å². The number of aliphatic hydroxyl groups is 1. The Morgan fingerprint density at radius 2 is 1.46 bits per heavy atom. The number of methoxy groups -OCH3 is 1. The Kier molecular flexibility index (Phi) is 9.25. The summed E-state index contributed by atoms with van der Waals surface area (Å²) in [5.74, 6) is 0.224. The highest BCUT2D eigenvalue weighted by molar-refractivity contribution is 6.99. The van der Waals surface area contributed by atoms with Crippen molar-refractivity contribution in [3.8, 4) is 5.75 Å². The normalized spacial score (nSPS) is 21.5. The van der Waals surface area contributed by atoms with E-state index < -0.39 is 38.9 Å². The van der Waals surface area contributed by atoms with Crippen molar-refractivity contribution in [1.29, 1.82) is 0 Å². The molecule has 7 nitrogen and oxygen atoms in total. The van der Waals surface area contributed by atoms with Crippen molar-refractivity contribution in [2.75, 3.05) is 13.7 Å². The molecule has 0 saturated carbocycles. The summed E-state index contributed by atoms with van der Waals surface area (Å²) in [7, 11) is -1.24. The average Bonchev–Trinajstić information content (AvgIpc) is 3.21. The van der Waals surface area contributed by atoms with Crippen LogP contribution in [0, 0.1) is 0 Å². The number of rotatable bonds is 10. The first-order valence-electron chi connectivity index (χ1n) is 13.2. The van der Waals surface area contributed by atoms with Crippen molar-refractivity contribution in [2.45, 2.75) is 63.9 Å². The zero-order chi connectivity index (χ0) is 28.0. The molecule has 0 aromatic heterocycles. The molecule has 4 atom stereocenters. The van der Waals surface area contributed by atoms with Crippen molar-refractivity contribution in [2.24, 2.45) is 0 Å². The molecule has 8 heteroatoms. The van der Waals surface area contributed by atoms with Crippen molar-refractivity contribution >= 4 is 24.7 Å². The Balaban J connectivity index is 1.64. The van der Waals surface area contributed by atoms with E-state index in [2.05, 4.69) is 45.0 Å². The smallest absolute Gasteiger partial charge is 0.303 e. The van der Waals surface area contributed by atoms with Gasteiger partial charge in [0.25, 0.3) is 8.32 Å². The minimum Gasteiger partial charge on any atom is -0.497 e. The molecule has 4 rings (SSSR count). The summed E-state index contributed by atoms with van der Waals surface area (Å²) in [5.41, 5.74) is 0.908. The van der Waals surface area contributed by atoms with Crippen molar-refractivity contribution in [3.05, 3.63) is 90.5 Å². The predicted molar refractivity (Wildman–Crippen MR) is 152 cm³/mol. The molecule has 0 bridgehead atoms. The van der Waals surface area contributed by atoms with E-state index in [9.17, 15) is 9.90 Å². The third-order valence-electron chi connectivity index (χ3n) is 7.07. The van der Waals surface area contributed by atoms with Crippen LogP contribution in [0.3, 0.4) is 0 Å². The quantitative estimate of drug-likeness (QED) is 0.304. The Morgan fingerprint density at radius 3 is 1.95 bits per heavy atom. The van der Waals surface area contributed by atoms with Gasteiger partial charge in [0.15, 0.2) is 12.4 Å². The van der Waals surface area contributed by atoms with Crippen LogP contribution < -0.4 is 15.1 Å². The summed E-state index contributed by atoms with van der Waals surface area (Å²) in [6.07, 6.45) is -3.70. The molecular formula is C31H38O7Si. The van der Waals surface area contributed by atoms with Crippen molar-refractivity contribution < 1.29 is 33.3 Å². The maximum Gasteiger partial charge on any atom is 0.303 e. The zero-order valence-electron chi connectivity index (χ0n) is 23.2. The van der Waals surface area contributed by atoms with Crippen molar-refractivity contribution in [1.82, 2.24) is 0 Å². The summed E-state index contributed by atoms with van der Waals surface area (Å²) in [6.45, 7) is 8.28. The molecule has 39 heavy (non-hydrogen) atoms. The lowest BCUT2D eigenvalue weighted by Gasteiger charge is -2.43. The maximum atomic E-state index is 11.9. The van der Waals surface area contributed by atoms with Crippen LogP contribution in [0.25, 0.3) is 0 Å². The number of esters is 1. The molecule has 1 N–H and O–H groups in total. The SMILES string of the molecule is COc1ccc(CO[C@H]2[C@H](OC(C)=O)C(O)O[C@@H]2CO[Si](c2ccccc2)(c2ccccc2)C(C)(C)C)cc1. The first-order valence-corrected chi connectivity index (χ1v) is 15.1. The van der Waals surface area contributed by atoms with Gasteiger partial charge in [-0.3, -0.25) is 4.79 Å². The fourth-order valence-corrected chi connectivity index (χ4v) is 9.81. The van der Waals surface area contributed by atoms with Crippen LogP contribution in [0.15, 0.2) is 84.9 Å². The Labute approximate surface area is 231 Å². The van der Waals surface area contributed by atoms with E-state index in [4.69, 9.17) is 23.4 Å². The van der Waals surface area contributed by atoms with Crippen LogP contribution in [0.5, 0.6) is 5.75 Å². The largest absolute Gasteiger partial charge is 0.497 e. The van der Waals surface area contributed by atoms with Gasteiger partial charge in [0, 0.05) is 6.92 Å². The molecule has 1 aliphatic heterocycles. The van der Waals surface area contributed by atoms with E-state index in [0.717, 1.165) is 21.7 Å². The van der Waals surface area contributed by atoms with Crippen LogP contribution in [-0.4, -0.2) is 57.7 Å². The molecule has 208 valence electrons. The molecule has 3 aromatic carbocycles.